The minimum atomic E-state index is -0.707. The van der Waals surface area contributed by atoms with Gasteiger partial charge < -0.3 is 5.11 Å². The second kappa shape index (κ2) is 4.94. The van der Waals surface area contributed by atoms with Gasteiger partial charge in [-0.2, -0.15) is 0 Å². The molecule has 0 bridgehead atoms. The Bertz CT molecular complexity index is 140. The first kappa shape index (κ1) is 10.2. The van der Waals surface area contributed by atoms with E-state index >= 15 is 0 Å². The van der Waals surface area contributed by atoms with Crippen molar-refractivity contribution in [3.05, 3.63) is 12.7 Å². The van der Waals surface area contributed by atoms with Crippen LogP contribution in [0.3, 0.4) is 0 Å². The summed E-state index contributed by atoms with van der Waals surface area (Å²) in [7, 11) is 0. The smallest absolute Gasteiger partial charge is 0.306 e. The number of allylic oxidation sites excluding steroid dienone is 1. The molecule has 0 amide bonds. The molecule has 11 heavy (non-hydrogen) atoms. The van der Waals surface area contributed by atoms with E-state index in [1.54, 1.807) is 6.92 Å². The van der Waals surface area contributed by atoms with Crippen LogP contribution in [0.25, 0.3) is 0 Å². The van der Waals surface area contributed by atoms with E-state index in [9.17, 15) is 4.79 Å². The molecule has 0 heterocycles. The van der Waals surface area contributed by atoms with Gasteiger partial charge in [0.25, 0.3) is 0 Å². The van der Waals surface area contributed by atoms with Crippen molar-refractivity contribution in [1.29, 1.82) is 0 Å². The van der Waals surface area contributed by atoms with E-state index in [1.807, 2.05) is 13.0 Å². The molecule has 0 rings (SSSR count). The Balaban J connectivity index is 3.72. The number of aliphatic carboxylic acids is 1. The Morgan fingerprint density at radius 2 is 2.18 bits per heavy atom. The van der Waals surface area contributed by atoms with Gasteiger partial charge in [0.2, 0.25) is 0 Å². The maximum Gasteiger partial charge on any atom is 0.306 e. The van der Waals surface area contributed by atoms with Gasteiger partial charge >= 0.3 is 5.97 Å². The van der Waals surface area contributed by atoms with Crippen molar-refractivity contribution in [2.24, 2.45) is 11.8 Å². The fourth-order valence-corrected chi connectivity index (χ4v) is 0.874. The van der Waals surface area contributed by atoms with Crippen molar-refractivity contribution in [3.63, 3.8) is 0 Å². The van der Waals surface area contributed by atoms with Gasteiger partial charge in [0.05, 0.1) is 5.92 Å². The van der Waals surface area contributed by atoms with Crippen LogP contribution in [0.5, 0.6) is 0 Å². The SMILES string of the molecule is C=CCCC(C)C(C)C(=O)O. The highest BCUT2D eigenvalue weighted by Crippen LogP contribution is 2.16. The molecule has 2 heteroatoms. The average molecular weight is 156 g/mol. The monoisotopic (exact) mass is 156 g/mol. The van der Waals surface area contributed by atoms with E-state index in [2.05, 4.69) is 6.58 Å². The molecule has 0 saturated heterocycles. The number of hydrogen-bond acceptors (Lipinski definition) is 1. The molecule has 0 aromatic carbocycles. The number of carboxylic acids is 1. The van der Waals surface area contributed by atoms with E-state index in [4.69, 9.17) is 5.11 Å². The molecule has 0 aliphatic carbocycles. The molecule has 64 valence electrons. The zero-order valence-electron chi connectivity index (χ0n) is 7.21. The Kier molecular flexibility index (Phi) is 4.59. The minimum Gasteiger partial charge on any atom is -0.481 e. The van der Waals surface area contributed by atoms with E-state index in [1.165, 1.54) is 0 Å². The molecule has 2 atom stereocenters. The first-order valence-electron chi connectivity index (χ1n) is 3.93. The summed E-state index contributed by atoms with van der Waals surface area (Å²) in [5.41, 5.74) is 0. The van der Waals surface area contributed by atoms with Crippen molar-refractivity contribution >= 4 is 5.97 Å². The second-order valence-electron chi connectivity index (χ2n) is 2.97. The Labute approximate surface area is 67.9 Å². The van der Waals surface area contributed by atoms with Crippen molar-refractivity contribution in [2.75, 3.05) is 0 Å². The van der Waals surface area contributed by atoms with Gasteiger partial charge in [0.15, 0.2) is 0 Å². The van der Waals surface area contributed by atoms with Gasteiger partial charge in [0.1, 0.15) is 0 Å². The second-order valence-corrected chi connectivity index (χ2v) is 2.97. The largest absolute Gasteiger partial charge is 0.481 e. The maximum absolute atomic E-state index is 10.5. The third kappa shape index (κ3) is 3.81. The predicted octanol–water partition coefficient (Wildman–Crippen LogP) is 2.31. The summed E-state index contributed by atoms with van der Waals surface area (Å²) >= 11 is 0. The first-order valence-corrected chi connectivity index (χ1v) is 3.93. The van der Waals surface area contributed by atoms with Gasteiger partial charge in [-0.15, -0.1) is 6.58 Å². The van der Waals surface area contributed by atoms with Crippen LogP contribution in [0, 0.1) is 11.8 Å². The normalized spacial score (nSPS) is 15.5. The van der Waals surface area contributed by atoms with Crippen molar-refractivity contribution in [3.8, 4) is 0 Å². The van der Waals surface area contributed by atoms with Crippen molar-refractivity contribution < 1.29 is 9.90 Å². The molecule has 0 aromatic heterocycles. The molecule has 2 nitrogen and oxygen atoms in total. The maximum atomic E-state index is 10.5. The number of carboxylic acid groups (broad SMARTS) is 1. The lowest BCUT2D eigenvalue weighted by atomic mass is 9.92. The van der Waals surface area contributed by atoms with E-state index < -0.39 is 5.97 Å². The molecule has 0 spiro atoms. The molecule has 0 aliphatic rings. The van der Waals surface area contributed by atoms with Gasteiger partial charge in [-0.05, 0) is 18.8 Å². The first-order chi connectivity index (χ1) is 5.09. The van der Waals surface area contributed by atoms with Gasteiger partial charge in [-0.25, -0.2) is 0 Å². The van der Waals surface area contributed by atoms with Crippen LogP contribution in [0.15, 0.2) is 12.7 Å². The summed E-state index contributed by atoms with van der Waals surface area (Å²) in [6, 6.07) is 0. The molecule has 0 saturated carbocycles. The highest BCUT2D eigenvalue weighted by molar-refractivity contribution is 5.69. The van der Waals surface area contributed by atoms with Gasteiger partial charge in [-0.3, -0.25) is 4.79 Å². The van der Waals surface area contributed by atoms with E-state index in [-0.39, 0.29) is 11.8 Å². The number of rotatable bonds is 5. The Morgan fingerprint density at radius 1 is 1.64 bits per heavy atom. The van der Waals surface area contributed by atoms with Crippen molar-refractivity contribution in [1.82, 2.24) is 0 Å². The summed E-state index contributed by atoms with van der Waals surface area (Å²) < 4.78 is 0. The highest BCUT2D eigenvalue weighted by Gasteiger charge is 2.17. The van der Waals surface area contributed by atoms with Crippen LogP contribution in [-0.2, 0) is 4.79 Å². The van der Waals surface area contributed by atoms with E-state index in [0.717, 1.165) is 12.8 Å². The van der Waals surface area contributed by atoms with Crippen LogP contribution in [0.4, 0.5) is 0 Å². The lowest BCUT2D eigenvalue weighted by Crippen LogP contribution is -2.17. The molecule has 2 unspecified atom stereocenters. The number of carbonyl (C=O) groups is 1. The van der Waals surface area contributed by atoms with Crippen LogP contribution in [0.2, 0.25) is 0 Å². The number of hydrogen-bond donors (Lipinski definition) is 1. The van der Waals surface area contributed by atoms with Crippen LogP contribution in [0.1, 0.15) is 26.7 Å². The molecule has 0 aromatic rings. The lowest BCUT2D eigenvalue weighted by Gasteiger charge is -2.13. The Hall–Kier alpha value is -0.790. The van der Waals surface area contributed by atoms with Crippen LogP contribution in [-0.4, -0.2) is 11.1 Å². The lowest BCUT2D eigenvalue weighted by molar-refractivity contribution is -0.142. The molecule has 0 aliphatic heterocycles. The summed E-state index contributed by atoms with van der Waals surface area (Å²) in [6.45, 7) is 7.30. The summed E-state index contributed by atoms with van der Waals surface area (Å²) in [4.78, 5) is 10.5. The summed E-state index contributed by atoms with van der Waals surface area (Å²) in [5, 5.41) is 8.63. The van der Waals surface area contributed by atoms with Gasteiger partial charge in [0, 0.05) is 0 Å². The molecule has 0 radical (unpaired) electrons. The fourth-order valence-electron chi connectivity index (χ4n) is 0.874. The Morgan fingerprint density at radius 3 is 2.55 bits per heavy atom. The summed E-state index contributed by atoms with van der Waals surface area (Å²) in [6.07, 6.45) is 3.64. The minimum absolute atomic E-state index is 0.241. The molecular formula is C9H16O2. The zero-order valence-corrected chi connectivity index (χ0v) is 7.21. The van der Waals surface area contributed by atoms with Crippen LogP contribution >= 0.6 is 0 Å². The third-order valence-corrected chi connectivity index (χ3v) is 2.07. The van der Waals surface area contributed by atoms with E-state index in [0.29, 0.717) is 0 Å². The molecule has 1 N–H and O–H groups in total. The van der Waals surface area contributed by atoms with Gasteiger partial charge in [-0.1, -0.05) is 19.9 Å². The summed E-state index contributed by atoms with van der Waals surface area (Å²) in [5.74, 6) is -0.706. The van der Waals surface area contributed by atoms with Crippen molar-refractivity contribution in [2.45, 2.75) is 26.7 Å². The van der Waals surface area contributed by atoms with Crippen LogP contribution < -0.4 is 0 Å². The molecule has 0 fully saturated rings. The quantitative estimate of drug-likeness (QED) is 0.620. The molecular weight excluding hydrogens is 140 g/mol. The third-order valence-electron chi connectivity index (χ3n) is 2.07. The topological polar surface area (TPSA) is 37.3 Å². The average Bonchev–Trinajstić information content (AvgIpc) is 1.98. The fraction of sp³-hybridized carbons (Fsp3) is 0.667. The predicted molar refractivity (Wildman–Crippen MR) is 45.4 cm³/mol. The standard InChI is InChI=1S/C9H16O2/c1-4-5-6-7(2)8(3)9(10)11/h4,7-8H,1,5-6H2,2-3H3,(H,10,11). The zero-order chi connectivity index (χ0) is 8.85. The highest BCUT2D eigenvalue weighted by atomic mass is 16.4.